The SMILES string of the molecule is CCOC(=O)c1cc(C2=C(c3cc(Cl)ccc3OCc3c(F)cc(F)cc3F)CCC2)cnc1C. The smallest absolute Gasteiger partial charge is 0.339 e. The van der Waals surface area contributed by atoms with E-state index in [-0.39, 0.29) is 12.2 Å². The summed E-state index contributed by atoms with van der Waals surface area (Å²) in [5, 5.41) is 0.472. The maximum absolute atomic E-state index is 14.1. The van der Waals surface area contributed by atoms with Crippen molar-refractivity contribution in [2.24, 2.45) is 0 Å². The van der Waals surface area contributed by atoms with Crippen LogP contribution in [0.4, 0.5) is 13.2 Å². The minimum Gasteiger partial charge on any atom is -0.488 e. The zero-order chi connectivity index (χ0) is 25.1. The van der Waals surface area contributed by atoms with E-state index < -0.39 is 30.0 Å². The van der Waals surface area contributed by atoms with Crippen LogP contribution in [0.3, 0.4) is 0 Å². The topological polar surface area (TPSA) is 48.4 Å². The Balaban J connectivity index is 1.72. The molecule has 1 aliphatic carbocycles. The van der Waals surface area contributed by atoms with E-state index in [1.807, 2.05) is 0 Å². The number of aromatic nitrogens is 1. The summed E-state index contributed by atoms with van der Waals surface area (Å²) in [6.07, 6.45) is 4.04. The molecule has 0 atom stereocenters. The lowest BCUT2D eigenvalue weighted by molar-refractivity contribution is 0.0525. The number of hydrogen-bond donors (Lipinski definition) is 0. The number of carbonyl (C=O) groups is 1. The van der Waals surface area contributed by atoms with Gasteiger partial charge in [-0.2, -0.15) is 0 Å². The van der Waals surface area contributed by atoms with Gasteiger partial charge in [-0.3, -0.25) is 4.98 Å². The van der Waals surface area contributed by atoms with E-state index in [2.05, 4.69) is 4.98 Å². The van der Waals surface area contributed by atoms with Crippen molar-refractivity contribution >= 4 is 28.7 Å². The van der Waals surface area contributed by atoms with Gasteiger partial charge < -0.3 is 9.47 Å². The van der Waals surface area contributed by atoms with Gasteiger partial charge >= 0.3 is 5.97 Å². The fourth-order valence-corrected chi connectivity index (χ4v) is 4.37. The largest absolute Gasteiger partial charge is 0.488 e. The Bertz CT molecular complexity index is 1300. The Labute approximate surface area is 206 Å². The number of esters is 1. The predicted molar refractivity (Wildman–Crippen MR) is 128 cm³/mol. The average molecular weight is 502 g/mol. The van der Waals surface area contributed by atoms with Crippen molar-refractivity contribution < 1.29 is 27.4 Å². The standard InChI is InChI=1S/C27H23ClF3NO3/c1-3-34-27(33)21-9-16(13-32-15(21)2)19-5-4-6-20(19)22-10-17(28)7-8-26(22)35-14-23-24(30)11-18(29)12-25(23)31/h7-13H,3-6,14H2,1-2H3. The number of pyridine rings is 1. The van der Waals surface area contributed by atoms with Crippen molar-refractivity contribution in [3.63, 3.8) is 0 Å². The minimum absolute atomic E-state index is 0.259. The first-order valence-corrected chi connectivity index (χ1v) is 11.6. The van der Waals surface area contributed by atoms with Gasteiger partial charge in [0.15, 0.2) is 0 Å². The van der Waals surface area contributed by atoms with E-state index >= 15 is 0 Å². The van der Waals surface area contributed by atoms with Crippen LogP contribution in [-0.2, 0) is 11.3 Å². The molecule has 0 spiro atoms. The number of nitrogens with zero attached hydrogens (tertiary/aromatic N) is 1. The second-order valence-corrected chi connectivity index (χ2v) is 8.60. The Kier molecular flexibility index (Phi) is 7.45. The number of halogens is 4. The molecule has 182 valence electrons. The number of rotatable bonds is 7. The zero-order valence-electron chi connectivity index (χ0n) is 19.3. The summed E-state index contributed by atoms with van der Waals surface area (Å²) >= 11 is 6.28. The number of aryl methyl sites for hydroxylation is 1. The molecule has 1 aromatic heterocycles. The molecule has 2 aromatic carbocycles. The third-order valence-electron chi connectivity index (χ3n) is 5.89. The molecule has 0 unspecified atom stereocenters. The summed E-state index contributed by atoms with van der Waals surface area (Å²) < 4.78 is 52.5. The molecule has 35 heavy (non-hydrogen) atoms. The van der Waals surface area contributed by atoms with Gasteiger partial charge in [-0.1, -0.05) is 11.6 Å². The molecular weight excluding hydrogens is 479 g/mol. The molecule has 0 bridgehead atoms. The highest BCUT2D eigenvalue weighted by Gasteiger charge is 2.23. The molecule has 0 radical (unpaired) electrons. The van der Waals surface area contributed by atoms with Crippen LogP contribution >= 0.6 is 11.6 Å². The van der Waals surface area contributed by atoms with Gasteiger partial charge in [0.25, 0.3) is 0 Å². The second kappa shape index (κ2) is 10.5. The van der Waals surface area contributed by atoms with E-state index in [0.717, 1.165) is 29.6 Å². The van der Waals surface area contributed by atoms with Gasteiger partial charge in [-0.15, -0.1) is 0 Å². The van der Waals surface area contributed by atoms with E-state index in [9.17, 15) is 18.0 Å². The van der Waals surface area contributed by atoms with Crippen LogP contribution in [0.5, 0.6) is 5.75 Å². The highest BCUT2D eigenvalue weighted by Crippen LogP contribution is 2.44. The third-order valence-corrected chi connectivity index (χ3v) is 6.13. The molecular formula is C27H23ClF3NO3. The molecule has 4 rings (SSSR count). The lowest BCUT2D eigenvalue weighted by Crippen LogP contribution is -2.08. The van der Waals surface area contributed by atoms with E-state index in [0.29, 0.717) is 46.1 Å². The van der Waals surface area contributed by atoms with Crippen LogP contribution in [0.15, 0.2) is 42.6 Å². The van der Waals surface area contributed by atoms with E-state index in [1.54, 1.807) is 44.3 Å². The average Bonchev–Trinajstić information content (AvgIpc) is 3.29. The molecule has 4 nitrogen and oxygen atoms in total. The number of carbonyl (C=O) groups excluding carboxylic acids is 1. The highest BCUT2D eigenvalue weighted by atomic mass is 35.5. The summed E-state index contributed by atoms with van der Waals surface area (Å²) in [5.41, 5.74) is 4.00. The second-order valence-electron chi connectivity index (χ2n) is 8.17. The van der Waals surface area contributed by atoms with Crippen molar-refractivity contribution in [3.8, 4) is 5.75 Å². The van der Waals surface area contributed by atoms with Gasteiger partial charge in [0.05, 0.1) is 23.4 Å². The Morgan fingerprint density at radius 1 is 1.06 bits per heavy atom. The summed E-state index contributed by atoms with van der Waals surface area (Å²) in [7, 11) is 0. The molecule has 0 saturated carbocycles. The molecule has 0 aliphatic heterocycles. The van der Waals surface area contributed by atoms with Crippen LogP contribution in [0, 0.1) is 24.4 Å². The van der Waals surface area contributed by atoms with Crippen LogP contribution in [0.2, 0.25) is 5.02 Å². The lowest BCUT2D eigenvalue weighted by atomic mass is 9.96. The fourth-order valence-electron chi connectivity index (χ4n) is 4.20. The monoisotopic (exact) mass is 501 g/mol. The Morgan fingerprint density at radius 3 is 2.49 bits per heavy atom. The molecule has 1 heterocycles. The summed E-state index contributed by atoms with van der Waals surface area (Å²) in [6, 6.07) is 8.01. The third kappa shape index (κ3) is 5.35. The fraction of sp³-hybridized carbons (Fsp3) is 0.259. The summed E-state index contributed by atoms with van der Waals surface area (Å²) in [5.74, 6) is -3.08. The van der Waals surface area contributed by atoms with E-state index in [4.69, 9.17) is 21.1 Å². The van der Waals surface area contributed by atoms with E-state index in [1.165, 1.54) is 0 Å². The minimum atomic E-state index is -1.02. The number of hydrogen-bond acceptors (Lipinski definition) is 4. The van der Waals surface area contributed by atoms with Gasteiger partial charge in [-0.05, 0) is 74.1 Å². The Hall–Kier alpha value is -3.32. The van der Waals surface area contributed by atoms with Crippen LogP contribution in [0.25, 0.3) is 11.1 Å². The van der Waals surface area contributed by atoms with Gasteiger partial charge in [0.1, 0.15) is 29.8 Å². The van der Waals surface area contributed by atoms with Crippen LogP contribution in [-0.4, -0.2) is 17.6 Å². The number of allylic oxidation sites excluding steroid dienone is 2. The van der Waals surface area contributed by atoms with Crippen molar-refractivity contribution in [1.29, 1.82) is 0 Å². The normalized spacial score (nSPS) is 13.3. The molecule has 1 aliphatic rings. The lowest BCUT2D eigenvalue weighted by Gasteiger charge is -2.16. The molecule has 0 fully saturated rings. The molecule has 0 amide bonds. The van der Waals surface area contributed by atoms with Crippen molar-refractivity contribution in [3.05, 3.63) is 93.0 Å². The predicted octanol–water partition coefficient (Wildman–Crippen LogP) is 7.31. The van der Waals surface area contributed by atoms with Crippen LogP contribution in [0.1, 0.15) is 58.9 Å². The van der Waals surface area contributed by atoms with Crippen molar-refractivity contribution in [2.45, 2.75) is 39.7 Å². The summed E-state index contributed by atoms with van der Waals surface area (Å²) in [4.78, 5) is 16.8. The molecule has 0 saturated heterocycles. The maximum Gasteiger partial charge on any atom is 0.339 e. The molecule has 8 heteroatoms. The summed E-state index contributed by atoms with van der Waals surface area (Å²) in [6.45, 7) is 3.33. The first-order chi connectivity index (χ1) is 16.8. The van der Waals surface area contributed by atoms with Gasteiger partial charge in [0, 0.05) is 28.9 Å². The molecule has 0 N–H and O–H groups in total. The van der Waals surface area contributed by atoms with Gasteiger partial charge in [-0.25, -0.2) is 18.0 Å². The Morgan fingerprint density at radius 2 is 1.77 bits per heavy atom. The zero-order valence-corrected chi connectivity index (χ0v) is 20.0. The maximum atomic E-state index is 14.1. The van der Waals surface area contributed by atoms with Crippen molar-refractivity contribution in [1.82, 2.24) is 4.98 Å². The number of benzene rings is 2. The number of ether oxygens (including phenoxy) is 2. The van der Waals surface area contributed by atoms with Gasteiger partial charge in [0.2, 0.25) is 0 Å². The molecule has 3 aromatic rings. The highest BCUT2D eigenvalue weighted by molar-refractivity contribution is 6.30. The van der Waals surface area contributed by atoms with Crippen molar-refractivity contribution in [2.75, 3.05) is 6.61 Å². The quantitative estimate of drug-likeness (QED) is 0.318. The first-order valence-electron chi connectivity index (χ1n) is 11.2. The first kappa shape index (κ1) is 24.8. The van der Waals surface area contributed by atoms with Crippen LogP contribution < -0.4 is 4.74 Å².